The van der Waals surface area contributed by atoms with Gasteiger partial charge >= 0.3 is 0 Å². The van der Waals surface area contributed by atoms with E-state index in [1.54, 1.807) is 6.26 Å². The Kier molecular flexibility index (Phi) is 5.07. The number of hydrogen-bond acceptors (Lipinski definition) is 5. The molecule has 6 nitrogen and oxygen atoms in total. The van der Waals surface area contributed by atoms with Crippen LogP contribution in [0.5, 0.6) is 0 Å². The van der Waals surface area contributed by atoms with Crippen LogP contribution in [0.15, 0.2) is 58.3 Å². The highest BCUT2D eigenvalue weighted by Crippen LogP contribution is 2.44. The van der Waals surface area contributed by atoms with E-state index >= 15 is 0 Å². The van der Waals surface area contributed by atoms with E-state index in [0.717, 1.165) is 48.3 Å². The number of anilines is 2. The van der Waals surface area contributed by atoms with Gasteiger partial charge in [-0.1, -0.05) is 25.0 Å². The van der Waals surface area contributed by atoms with Crippen LogP contribution in [0.3, 0.4) is 0 Å². The van der Waals surface area contributed by atoms with Gasteiger partial charge in [-0.05, 0) is 49.9 Å². The summed E-state index contributed by atoms with van der Waals surface area (Å²) in [5, 5.41) is 6.70. The first-order valence-electron chi connectivity index (χ1n) is 10.9. The molecule has 2 aromatic rings. The van der Waals surface area contributed by atoms with Gasteiger partial charge in [0, 0.05) is 23.7 Å². The third-order valence-corrected chi connectivity index (χ3v) is 6.39. The second kappa shape index (κ2) is 8.01. The van der Waals surface area contributed by atoms with Crippen molar-refractivity contribution in [1.82, 2.24) is 5.32 Å². The molecule has 1 aliphatic heterocycles. The number of fused-ring (bicyclic) bond motifs is 1. The molecule has 2 N–H and O–H groups in total. The van der Waals surface area contributed by atoms with Gasteiger partial charge in [-0.25, -0.2) is 0 Å². The summed E-state index contributed by atoms with van der Waals surface area (Å²) in [5.41, 5.74) is 3.49. The van der Waals surface area contributed by atoms with Crippen molar-refractivity contribution in [1.29, 1.82) is 0 Å². The molecule has 2 aliphatic carbocycles. The summed E-state index contributed by atoms with van der Waals surface area (Å²) in [6, 6.07) is 11.5. The molecule has 3 aliphatic rings. The van der Waals surface area contributed by atoms with E-state index in [1.165, 1.54) is 12.8 Å². The number of Topliss-reactive ketones (excluding diaryl/α,β-unsaturated/α-hetero) is 1. The maximum atomic E-state index is 13.1. The molecule has 2 heterocycles. The van der Waals surface area contributed by atoms with Gasteiger partial charge in [0.05, 0.1) is 24.2 Å². The normalized spacial score (nSPS) is 21.7. The van der Waals surface area contributed by atoms with Crippen molar-refractivity contribution in [2.45, 2.75) is 57.0 Å². The first kappa shape index (κ1) is 19.0. The van der Waals surface area contributed by atoms with E-state index in [9.17, 15) is 9.59 Å². The number of hydrogen-bond donors (Lipinski definition) is 2. The minimum atomic E-state index is -0.423. The molecule has 1 atom stereocenters. The molecule has 1 aromatic carbocycles. The van der Waals surface area contributed by atoms with Crippen LogP contribution in [0, 0.1) is 0 Å². The van der Waals surface area contributed by atoms with Gasteiger partial charge in [-0.15, -0.1) is 0 Å². The van der Waals surface area contributed by atoms with Gasteiger partial charge < -0.3 is 20.0 Å². The number of nitrogens with one attached hydrogen (secondary N) is 2. The van der Waals surface area contributed by atoms with Gasteiger partial charge in [-0.3, -0.25) is 9.59 Å². The van der Waals surface area contributed by atoms with Crippen LogP contribution in [0.4, 0.5) is 11.4 Å². The summed E-state index contributed by atoms with van der Waals surface area (Å²) < 4.78 is 5.80. The Morgan fingerprint density at radius 3 is 2.73 bits per heavy atom. The number of benzene rings is 1. The van der Waals surface area contributed by atoms with Crippen molar-refractivity contribution in [2.24, 2.45) is 0 Å². The van der Waals surface area contributed by atoms with E-state index < -0.39 is 6.04 Å². The summed E-state index contributed by atoms with van der Waals surface area (Å²) in [5.74, 6) is 0.796. The predicted octanol–water partition coefficient (Wildman–Crippen LogP) is 4.32. The van der Waals surface area contributed by atoms with E-state index in [-0.39, 0.29) is 24.3 Å². The van der Waals surface area contributed by atoms with Crippen LogP contribution in [-0.4, -0.2) is 24.3 Å². The highest BCUT2D eigenvalue weighted by molar-refractivity contribution is 6.01. The van der Waals surface area contributed by atoms with Crippen LogP contribution in [0.1, 0.15) is 56.7 Å². The quantitative estimate of drug-likeness (QED) is 0.792. The molecule has 0 saturated heterocycles. The Morgan fingerprint density at radius 2 is 1.93 bits per heavy atom. The highest BCUT2D eigenvalue weighted by atomic mass is 16.3. The summed E-state index contributed by atoms with van der Waals surface area (Å²) in [6.07, 6.45) is 8.22. The minimum Gasteiger partial charge on any atom is -0.467 e. The maximum Gasteiger partial charge on any atom is 0.239 e. The number of rotatable bonds is 4. The minimum absolute atomic E-state index is 0.0134. The summed E-state index contributed by atoms with van der Waals surface area (Å²) >= 11 is 0. The lowest BCUT2D eigenvalue weighted by molar-refractivity contribution is -0.121. The SMILES string of the molecule is O=C(CN1c2ccccc2NC2=C(C(=O)CCC2)[C@H]1c1ccco1)NC1CCCC1. The molecule has 1 aromatic heterocycles. The molecular weight excluding hydrogens is 378 g/mol. The molecule has 0 unspecified atom stereocenters. The molecular formula is C24H27N3O3. The van der Waals surface area contributed by atoms with Crippen molar-refractivity contribution in [3.63, 3.8) is 0 Å². The van der Waals surface area contributed by atoms with E-state index in [1.807, 2.05) is 41.3 Å². The fraction of sp³-hybridized carbons (Fsp3) is 0.417. The third-order valence-electron chi connectivity index (χ3n) is 6.39. The smallest absolute Gasteiger partial charge is 0.239 e. The number of amides is 1. The Balaban J connectivity index is 1.57. The number of furan rings is 1. The summed E-state index contributed by atoms with van der Waals surface area (Å²) in [7, 11) is 0. The van der Waals surface area contributed by atoms with Crippen LogP contribution in [-0.2, 0) is 9.59 Å². The molecule has 0 bridgehead atoms. The molecule has 1 fully saturated rings. The Bertz CT molecular complexity index is 973. The molecule has 0 radical (unpaired) electrons. The standard InChI is InChI=1S/C24H27N3O3/c28-20-12-5-10-18-23(20)24(21-13-6-14-30-21)27(19-11-4-3-9-17(19)26-18)15-22(29)25-16-7-1-2-8-16/h3-4,6,9,11,13-14,16,24,26H,1-2,5,7-8,10,12,15H2,(H,25,29)/t24-/m1/s1. The zero-order chi connectivity index (χ0) is 20.5. The first-order valence-corrected chi connectivity index (χ1v) is 10.9. The lowest BCUT2D eigenvalue weighted by Gasteiger charge is -2.33. The van der Waals surface area contributed by atoms with Crippen LogP contribution in [0.25, 0.3) is 0 Å². The number of carbonyl (C=O) groups is 2. The fourth-order valence-electron chi connectivity index (χ4n) is 5.02. The van der Waals surface area contributed by atoms with Gasteiger partial charge in [0.1, 0.15) is 11.8 Å². The lowest BCUT2D eigenvalue weighted by Crippen LogP contribution is -2.43. The van der Waals surface area contributed by atoms with Crippen LogP contribution < -0.4 is 15.5 Å². The number of allylic oxidation sites excluding steroid dienone is 1. The van der Waals surface area contributed by atoms with Gasteiger partial charge in [0.15, 0.2) is 5.78 Å². The van der Waals surface area contributed by atoms with E-state index in [4.69, 9.17) is 4.42 Å². The average Bonchev–Trinajstić information content (AvgIpc) is 3.42. The lowest BCUT2D eigenvalue weighted by atomic mass is 9.88. The average molecular weight is 405 g/mol. The molecule has 0 spiro atoms. The molecule has 6 heteroatoms. The molecule has 1 saturated carbocycles. The Labute approximate surface area is 176 Å². The Morgan fingerprint density at radius 1 is 1.10 bits per heavy atom. The molecule has 1 amide bonds. The summed E-state index contributed by atoms with van der Waals surface area (Å²) in [6.45, 7) is 0.171. The van der Waals surface area contributed by atoms with Crippen molar-refractivity contribution >= 4 is 23.1 Å². The second-order valence-corrected chi connectivity index (χ2v) is 8.41. The zero-order valence-corrected chi connectivity index (χ0v) is 17.0. The number of ketones is 1. The monoisotopic (exact) mass is 405 g/mol. The van der Waals surface area contributed by atoms with Crippen molar-refractivity contribution in [2.75, 3.05) is 16.8 Å². The highest BCUT2D eigenvalue weighted by Gasteiger charge is 2.39. The zero-order valence-electron chi connectivity index (χ0n) is 17.0. The molecule has 156 valence electrons. The molecule has 5 rings (SSSR count). The van der Waals surface area contributed by atoms with Crippen molar-refractivity contribution in [3.8, 4) is 0 Å². The first-order chi connectivity index (χ1) is 14.7. The van der Waals surface area contributed by atoms with Crippen molar-refractivity contribution < 1.29 is 14.0 Å². The van der Waals surface area contributed by atoms with Gasteiger partial charge in [0.25, 0.3) is 0 Å². The van der Waals surface area contributed by atoms with Gasteiger partial charge in [0.2, 0.25) is 5.91 Å². The largest absolute Gasteiger partial charge is 0.467 e. The predicted molar refractivity (Wildman–Crippen MR) is 115 cm³/mol. The Hall–Kier alpha value is -3.02. The van der Waals surface area contributed by atoms with Gasteiger partial charge in [-0.2, -0.15) is 0 Å². The van der Waals surface area contributed by atoms with Crippen LogP contribution >= 0.6 is 0 Å². The van der Waals surface area contributed by atoms with Crippen molar-refractivity contribution in [3.05, 3.63) is 59.7 Å². The van der Waals surface area contributed by atoms with Crippen LogP contribution in [0.2, 0.25) is 0 Å². The maximum absolute atomic E-state index is 13.1. The third kappa shape index (κ3) is 3.51. The summed E-state index contributed by atoms with van der Waals surface area (Å²) in [4.78, 5) is 28.1. The number of para-hydroxylation sites is 2. The molecule has 30 heavy (non-hydrogen) atoms. The number of nitrogens with zero attached hydrogens (tertiary/aromatic N) is 1. The fourth-order valence-corrected chi connectivity index (χ4v) is 5.02. The second-order valence-electron chi connectivity index (χ2n) is 8.41. The topological polar surface area (TPSA) is 74.6 Å². The van der Waals surface area contributed by atoms with E-state index in [2.05, 4.69) is 10.6 Å². The van der Waals surface area contributed by atoms with E-state index in [0.29, 0.717) is 12.2 Å². The number of carbonyl (C=O) groups excluding carboxylic acids is 2.